The highest BCUT2D eigenvalue weighted by molar-refractivity contribution is 5.41. The number of hydrogen-bond donors (Lipinski definition) is 1. The van der Waals surface area contributed by atoms with Crippen LogP contribution in [-0.4, -0.2) is 11.7 Å². The number of rotatable bonds is 5. The van der Waals surface area contributed by atoms with E-state index in [2.05, 4.69) is 19.9 Å². The van der Waals surface area contributed by atoms with Gasteiger partial charge in [0.25, 0.3) is 0 Å². The summed E-state index contributed by atoms with van der Waals surface area (Å²) in [6.07, 6.45) is 4.13. The van der Waals surface area contributed by atoms with Crippen LogP contribution in [-0.2, 0) is 0 Å². The van der Waals surface area contributed by atoms with Crippen LogP contribution >= 0.6 is 0 Å². The molecule has 0 saturated carbocycles. The summed E-state index contributed by atoms with van der Waals surface area (Å²) in [5, 5.41) is 9.55. The van der Waals surface area contributed by atoms with Crippen LogP contribution in [0.25, 0.3) is 0 Å². The summed E-state index contributed by atoms with van der Waals surface area (Å²) in [6, 6.07) is 5.38. The number of phenolic OH excluding ortho intramolecular Hbond substituents is 1. The van der Waals surface area contributed by atoms with Crippen LogP contribution in [0.4, 0.5) is 0 Å². The van der Waals surface area contributed by atoms with Gasteiger partial charge in [0.2, 0.25) is 0 Å². The van der Waals surface area contributed by atoms with Crippen molar-refractivity contribution in [3.8, 4) is 11.5 Å². The predicted octanol–water partition coefficient (Wildman–Crippen LogP) is 3.83. The molecule has 0 radical (unpaired) electrons. The van der Waals surface area contributed by atoms with Crippen LogP contribution in [0.1, 0.15) is 32.3 Å². The molecule has 0 aromatic heterocycles. The lowest BCUT2D eigenvalue weighted by Gasteiger charge is -2.07. The van der Waals surface area contributed by atoms with Crippen molar-refractivity contribution in [1.82, 2.24) is 0 Å². The van der Waals surface area contributed by atoms with Gasteiger partial charge >= 0.3 is 0 Å². The molecule has 0 aliphatic carbocycles. The van der Waals surface area contributed by atoms with Crippen molar-refractivity contribution in [3.63, 3.8) is 0 Å². The molecule has 88 valence electrons. The molecule has 1 rings (SSSR count). The zero-order valence-corrected chi connectivity index (χ0v) is 10.3. The molecule has 0 aliphatic heterocycles. The van der Waals surface area contributed by atoms with Crippen molar-refractivity contribution >= 4 is 0 Å². The zero-order chi connectivity index (χ0) is 12.0. The SMILES string of the molecule is CCC(C)=CCCOc1cc(C)ccc1O. The van der Waals surface area contributed by atoms with Gasteiger partial charge in [-0.25, -0.2) is 0 Å². The second kappa shape index (κ2) is 6.21. The van der Waals surface area contributed by atoms with Crippen LogP contribution in [0.5, 0.6) is 11.5 Å². The number of ether oxygens (including phenoxy) is 1. The minimum atomic E-state index is 0.210. The van der Waals surface area contributed by atoms with Crippen molar-refractivity contribution < 1.29 is 9.84 Å². The van der Waals surface area contributed by atoms with Crippen molar-refractivity contribution in [2.75, 3.05) is 6.61 Å². The third-order valence-electron chi connectivity index (χ3n) is 2.54. The van der Waals surface area contributed by atoms with E-state index < -0.39 is 0 Å². The summed E-state index contributed by atoms with van der Waals surface area (Å²) in [5.41, 5.74) is 2.46. The van der Waals surface area contributed by atoms with Gasteiger partial charge in [-0.1, -0.05) is 24.6 Å². The molecule has 0 heterocycles. The molecule has 2 heteroatoms. The topological polar surface area (TPSA) is 29.5 Å². The van der Waals surface area contributed by atoms with Crippen molar-refractivity contribution in [2.45, 2.75) is 33.6 Å². The third kappa shape index (κ3) is 3.97. The van der Waals surface area contributed by atoms with Crippen LogP contribution in [0.2, 0.25) is 0 Å². The fourth-order valence-corrected chi connectivity index (χ4v) is 1.36. The second-order valence-corrected chi connectivity index (χ2v) is 4.01. The molecule has 0 unspecified atom stereocenters. The van der Waals surface area contributed by atoms with Gasteiger partial charge in [-0.15, -0.1) is 0 Å². The molecule has 0 spiro atoms. The lowest BCUT2D eigenvalue weighted by Crippen LogP contribution is -1.96. The molecule has 1 aromatic rings. The molecule has 1 aromatic carbocycles. The lowest BCUT2D eigenvalue weighted by molar-refractivity contribution is 0.305. The molecule has 0 fully saturated rings. The van der Waals surface area contributed by atoms with Gasteiger partial charge in [0.15, 0.2) is 11.5 Å². The Kier molecular flexibility index (Phi) is 4.90. The van der Waals surface area contributed by atoms with Gasteiger partial charge in [-0.05, 0) is 44.4 Å². The van der Waals surface area contributed by atoms with Gasteiger partial charge < -0.3 is 9.84 Å². The molecule has 0 atom stereocenters. The van der Waals surface area contributed by atoms with E-state index in [0.717, 1.165) is 18.4 Å². The van der Waals surface area contributed by atoms with E-state index in [-0.39, 0.29) is 5.75 Å². The Morgan fingerprint density at radius 3 is 2.88 bits per heavy atom. The Morgan fingerprint density at radius 2 is 2.19 bits per heavy atom. The fourth-order valence-electron chi connectivity index (χ4n) is 1.36. The molecule has 0 saturated heterocycles. The van der Waals surface area contributed by atoms with Gasteiger partial charge in [-0.3, -0.25) is 0 Å². The highest BCUT2D eigenvalue weighted by Crippen LogP contribution is 2.26. The Balaban J connectivity index is 2.46. The Labute approximate surface area is 97.6 Å². The third-order valence-corrected chi connectivity index (χ3v) is 2.54. The smallest absolute Gasteiger partial charge is 0.161 e. The van der Waals surface area contributed by atoms with E-state index in [1.165, 1.54) is 5.57 Å². The first kappa shape index (κ1) is 12.6. The largest absolute Gasteiger partial charge is 0.504 e. The number of aryl methyl sites for hydroxylation is 1. The highest BCUT2D eigenvalue weighted by atomic mass is 16.5. The van der Waals surface area contributed by atoms with Crippen molar-refractivity contribution in [3.05, 3.63) is 35.4 Å². The van der Waals surface area contributed by atoms with E-state index in [9.17, 15) is 5.11 Å². The molecule has 1 N–H and O–H groups in total. The minimum absolute atomic E-state index is 0.210. The molecule has 16 heavy (non-hydrogen) atoms. The summed E-state index contributed by atoms with van der Waals surface area (Å²) in [6.45, 7) is 6.84. The van der Waals surface area contributed by atoms with Gasteiger partial charge in [0.1, 0.15) is 0 Å². The molecule has 0 amide bonds. The summed E-state index contributed by atoms with van der Waals surface area (Å²) in [7, 11) is 0. The maximum atomic E-state index is 9.55. The van der Waals surface area contributed by atoms with Gasteiger partial charge in [0, 0.05) is 0 Å². The number of benzene rings is 1. The number of hydrogen-bond acceptors (Lipinski definition) is 2. The Bertz CT molecular complexity index is 367. The summed E-state index contributed by atoms with van der Waals surface area (Å²) < 4.78 is 5.52. The fraction of sp³-hybridized carbons (Fsp3) is 0.429. The van der Waals surface area contributed by atoms with Crippen LogP contribution in [0.3, 0.4) is 0 Å². The Morgan fingerprint density at radius 1 is 1.44 bits per heavy atom. The zero-order valence-electron chi connectivity index (χ0n) is 10.3. The molecular weight excluding hydrogens is 200 g/mol. The molecule has 0 bridgehead atoms. The van der Waals surface area contributed by atoms with Gasteiger partial charge in [-0.2, -0.15) is 0 Å². The normalized spacial score (nSPS) is 11.6. The maximum Gasteiger partial charge on any atom is 0.161 e. The molecule has 0 aliphatic rings. The van der Waals surface area contributed by atoms with E-state index in [4.69, 9.17) is 4.74 Å². The number of allylic oxidation sites excluding steroid dienone is 1. The summed E-state index contributed by atoms with van der Waals surface area (Å²) >= 11 is 0. The number of phenols is 1. The lowest BCUT2D eigenvalue weighted by atomic mass is 10.2. The Hall–Kier alpha value is -1.44. The molecule has 2 nitrogen and oxygen atoms in total. The van der Waals surface area contributed by atoms with Crippen molar-refractivity contribution in [2.24, 2.45) is 0 Å². The molecular formula is C14H20O2. The first-order valence-corrected chi connectivity index (χ1v) is 5.71. The monoisotopic (exact) mass is 220 g/mol. The standard InChI is InChI=1S/C14H20O2/c1-4-11(2)6-5-9-16-14-10-12(3)7-8-13(14)15/h6-8,10,15H,4-5,9H2,1-3H3. The van der Waals surface area contributed by atoms with Crippen molar-refractivity contribution in [1.29, 1.82) is 0 Å². The average Bonchev–Trinajstić information content (AvgIpc) is 2.28. The van der Waals surface area contributed by atoms with Crippen LogP contribution < -0.4 is 4.74 Å². The first-order valence-electron chi connectivity index (χ1n) is 5.71. The highest BCUT2D eigenvalue weighted by Gasteiger charge is 2.01. The predicted molar refractivity (Wildman–Crippen MR) is 67.0 cm³/mol. The number of aromatic hydroxyl groups is 1. The summed E-state index contributed by atoms with van der Waals surface area (Å²) in [4.78, 5) is 0. The van der Waals surface area contributed by atoms with E-state index in [1.54, 1.807) is 6.07 Å². The summed E-state index contributed by atoms with van der Waals surface area (Å²) in [5.74, 6) is 0.782. The van der Waals surface area contributed by atoms with E-state index >= 15 is 0 Å². The minimum Gasteiger partial charge on any atom is -0.504 e. The second-order valence-electron chi connectivity index (χ2n) is 4.01. The van der Waals surface area contributed by atoms with Crippen LogP contribution in [0, 0.1) is 6.92 Å². The maximum absolute atomic E-state index is 9.55. The average molecular weight is 220 g/mol. The van der Waals surface area contributed by atoms with E-state index in [0.29, 0.717) is 12.4 Å². The van der Waals surface area contributed by atoms with E-state index in [1.807, 2.05) is 19.1 Å². The first-order chi connectivity index (χ1) is 7.63. The van der Waals surface area contributed by atoms with Crippen LogP contribution in [0.15, 0.2) is 29.8 Å². The van der Waals surface area contributed by atoms with Gasteiger partial charge in [0.05, 0.1) is 6.61 Å². The quantitative estimate of drug-likeness (QED) is 0.603.